The van der Waals surface area contributed by atoms with Crippen LogP contribution < -0.4 is 10.9 Å². The molecule has 1 aromatic heterocycles. The second-order valence-corrected chi connectivity index (χ2v) is 7.05. The van der Waals surface area contributed by atoms with Crippen LogP contribution in [0.5, 0.6) is 0 Å². The van der Waals surface area contributed by atoms with Gasteiger partial charge in [-0.05, 0) is 12.1 Å². The first-order valence-electron chi connectivity index (χ1n) is 10.1. The Balaban J connectivity index is 1.44. The van der Waals surface area contributed by atoms with Crippen LogP contribution in [0.2, 0.25) is 0 Å². The fourth-order valence-electron chi connectivity index (χ4n) is 3.45. The number of hydrogen-bond donors (Lipinski definition) is 1. The third-order valence-corrected chi connectivity index (χ3v) is 5.11. The van der Waals surface area contributed by atoms with E-state index in [9.17, 15) is 0 Å². The quantitative estimate of drug-likeness (QED) is 0.753. The van der Waals surface area contributed by atoms with Crippen LogP contribution in [0.25, 0.3) is 11.1 Å². The van der Waals surface area contributed by atoms with E-state index in [1.165, 1.54) is 0 Å². The predicted octanol–water partition coefficient (Wildman–Crippen LogP) is 0.805. The van der Waals surface area contributed by atoms with E-state index < -0.39 is 0 Å². The summed E-state index contributed by atoms with van der Waals surface area (Å²) in [5.74, 6) is 0.717. The van der Waals surface area contributed by atoms with E-state index in [2.05, 4.69) is 15.1 Å². The third-order valence-electron chi connectivity index (χ3n) is 5.11. The maximum Gasteiger partial charge on any atom is 0.258 e. The first-order chi connectivity index (χ1) is 13.9. The van der Waals surface area contributed by atoms with Gasteiger partial charge in [-0.3, -0.25) is 9.80 Å². The summed E-state index contributed by atoms with van der Waals surface area (Å²) in [4.78, 5) is 14.2. The van der Waals surface area contributed by atoms with E-state index in [4.69, 9.17) is 23.9 Å². The number of rotatable bonds is 7. The normalized spacial score (nSPS) is 19.9. The highest BCUT2D eigenvalue weighted by Crippen LogP contribution is 2.11. The molecule has 0 saturated carbocycles. The fourth-order valence-corrected chi connectivity index (χ4v) is 3.45. The number of ether oxygens (including phenoxy) is 2. The van der Waals surface area contributed by atoms with Crippen LogP contribution in [0, 0.1) is 0 Å². The number of benzene rings is 1. The van der Waals surface area contributed by atoms with Crippen molar-refractivity contribution in [3.8, 4) is 0 Å². The van der Waals surface area contributed by atoms with E-state index in [0.717, 1.165) is 83.3 Å². The highest BCUT2D eigenvalue weighted by molar-refractivity contribution is 5.72. The zero-order valence-corrected chi connectivity index (χ0v) is 16.3. The zero-order chi connectivity index (χ0) is 19.0. The van der Waals surface area contributed by atoms with Crippen molar-refractivity contribution in [3.63, 3.8) is 0 Å². The summed E-state index contributed by atoms with van der Waals surface area (Å²) in [6.07, 6.45) is 0. The number of morpholine rings is 2. The summed E-state index contributed by atoms with van der Waals surface area (Å²) in [5.41, 5.74) is 2.17. The lowest BCUT2D eigenvalue weighted by atomic mass is 10.3. The molecule has 0 amide bonds. The first kappa shape index (κ1) is 19.3. The topological polar surface area (TPSA) is 75.4 Å². The third kappa shape index (κ3) is 5.29. The minimum atomic E-state index is 0.578. The summed E-state index contributed by atoms with van der Waals surface area (Å²) in [5, 5.41) is 3.43. The molecule has 0 bridgehead atoms. The van der Waals surface area contributed by atoms with Crippen molar-refractivity contribution >= 4 is 16.9 Å². The molecule has 2 fully saturated rings. The Morgan fingerprint density at radius 3 is 2.36 bits per heavy atom. The van der Waals surface area contributed by atoms with Gasteiger partial charge in [0.05, 0.1) is 33.0 Å². The molecular weight excluding hydrogens is 358 g/mol. The molecule has 3 heterocycles. The van der Waals surface area contributed by atoms with Gasteiger partial charge in [-0.1, -0.05) is 12.1 Å². The van der Waals surface area contributed by atoms with E-state index in [0.29, 0.717) is 17.9 Å². The molecule has 0 radical (unpaired) electrons. The lowest BCUT2D eigenvalue weighted by Crippen LogP contribution is -2.39. The molecule has 152 valence electrons. The molecule has 4 rings (SSSR count). The molecule has 0 unspecified atom stereocenters. The standard InChI is InChI=1S/C20H29N5O3/c1-2-4-18-17(3-1)23-19(21-5-7-24-9-13-26-14-10-24)20(28-18)22-6-8-25-11-15-27-16-12-25/h1-4H,5-16H2,(H,21,23). The van der Waals surface area contributed by atoms with E-state index in [-0.39, 0.29) is 0 Å². The van der Waals surface area contributed by atoms with Crippen molar-refractivity contribution in [1.82, 2.24) is 14.8 Å². The molecule has 8 nitrogen and oxygen atoms in total. The van der Waals surface area contributed by atoms with Gasteiger partial charge in [-0.15, -0.1) is 0 Å². The van der Waals surface area contributed by atoms with Crippen LogP contribution in [-0.4, -0.2) is 93.6 Å². The lowest BCUT2D eigenvalue weighted by Gasteiger charge is -2.26. The molecule has 2 aromatic rings. The second kappa shape index (κ2) is 9.97. The van der Waals surface area contributed by atoms with Crippen molar-refractivity contribution in [2.75, 3.05) is 84.1 Å². The van der Waals surface area contributed by atoms with Gasteiger partial charge in [0.25, 0.3) is 5.55 Å². The Morgan fingerprint density at radius 1 is 0.929 bits per heavy atom. The van der Waals surface area contributed by atoms with Crippen LogP contribution >= 0.6 is 0 Å². The number of nitrogens with one attached hydrogen (secondary N) is 1. The molecular formula is C20H29N5O3. The van der Waals surface area contributed by atoms with Crippen LogP contribution in [0.4, 0.5) is 5.82 Å². The average molecular weight is 387 g/mol. The largest absolute Gasteiger partial charge is 0.434 e. The predicted molar refractivity (Wildman–Crippen MR) is 107 cm³/mol. The van der Waals surface area contributed by atoms with Crippen LogP contribution in [-0.2, 0) is 9.47 Å². The smallest absolute Gasteiger partial charge is 0.258 e. The number of nitrogens with zero attached hydrogens (tertiary/aromatic N) is 4. The van der Waals surface area contributed by atoms with Crippen LogP contribution in [0.15, 0.2) is 33.7 Å². The Kier molecular flexibility index (Phi) is 6.88. The summed E-state index contributed by atoms with van der Waals surface area (Å²) in [6.45, 7) is 10.4. The number of hydrogen-bond acceptors (Lipinski definition) is 8. The molecule has 2 saturated heterocycles. The molecule has 2 aliphatic heterocycles. The van der Waals surface area contributed by atoms with Crippen LogP contribution in [0.3, 0.4) is 0 Å². The van der Waals surface area contributed by atoms with Gasteiger partial charge in [-0.25, -0.2) is 9.98 Å². The summed E-state index contributed by atoms with van der Waals surface area (Å²) < 4.78 is 16.9. The van der Waals surface area contributed by atoms with Crippen molar-refractivity contribution in [1.29, 1.82) is 0 Å². The number of aromatic nitrogens is 1. The van der Waals surface area contributed by atoms with Gasteiger partial charge in [0.15, 0.2) is 11.4 Å². The maximum absolute atomic E-state index is 6.06. The van der Waals surface area contributed by atoms with Gasteiger partial charge in [0, 0.05) is 45.8 Å². The fraction of sp³-hybridized carbons (Fsp3) is 0.600. The lowest BCUT2D eigenvalue weighted by molar-refractivity contribution is 0.0393. The molecule has 0 atom stereocenters. The van der Waals surface area contributed by atoms with Crippen molar-refractivity contribution in [2.24, 2.45) is 4.99 Å². The van der Waals surface area contributed by atoms with Crippen molar-refractivity contribution < 1.29 is 13.9 Å². The number of fused-ring (bicyclic) bond motifs is 1. The van der Waals surface area contributed by atoms with E-state index in [1.807, 2.05) is 24.3 Å². The Labute approximate surface area is 165 Å². The van der Waals surface area contributed by atoms with Gasteiger partial charge in [0.2, 0.25) is 0 Å². The Hall–Kier alpha value is -2.00. The van der Waals surface area contributed by atoms with Gasteiger partial charge in [-0.2, -0.15) is 0 Å². The second-order valence-electron chi connectivity index (χ2n) is 7.05. The summed E-state index contributed by atoms with van der Waals surface area (Å²) in [6, 6.07) is 7.82. The van der Waals surface area contributed by atoms with Crippen molar-refractivity contribution in [3.05, 3.63) is 29.8 Å². The van der Waals surface area contributed by atoms with E-state index >= 15 is 0 Å². The van der Waals surface area contributed by atoms with Crippen LogP contribution in [0.1, 0.15) is 0 Å². The Morgan fingerprint density at radius 2 is 1.61 bits per heavy atom. The highest BCUT2D eigenvalue weighted by Gasteiger charge is 2.12. The Bertz CT molecular complexity index is 813. The molecule has 28 heavy (non-hydrogen) atoms. The first-order valence-corrected chi connectivity index (χ1v) is 10.1. The van der Waals surface area contributed by atoms with Gasteiger partial charge in [0.1, 0.15) is 5.52 Å². The average Bonchev–Trinajstić information content (AvgIpc) is 2.75. The van der Waals surface area contributed by atoms with Crippen molar-refractivity contribution in [2.45, 2.75) is 0 Å². The minimum Gasteiger partial charge on any atom is -0.434 e. The monoisotopic (exact) mass is 387 g/mol. The molecule has 1 N–H and O–H groups in total. The number of para-hydroxylation sites is 2. The highest BCUT2D eigenvalue weighted by atomic mass is 16.5. The molecule has 2 aliphatic rings. The number of anilines is 1. The summed E-state index contributed by atoms with van der Waals surface area (Å²) in [7, 11) is 0. The molecule has 0 aliphatic carbocycles. The molecule has 1 aromatic carbocycles. The molecule has 8 heteroatoms. The maximum atomic E-state index is 6.06. The van der Waals surface area contributed by atoms with E-state index in [1.54, 1.807) is 0 Å². The van der Waals surface area contributed by atoms with Gasteiger partial charge < -0.3 is 19.2 Å². The SMILES string of the molecule is c1ccc2oc(=NCCN3CCOCC3)c(NCCN3CCOCC3)nc2c1. The molecule has 0 spiro atoms. The van der Waals surface area contributed by atoms with Gasteiger partial charge >= 0.3 is 0 Å². The minimum absolute atomic E-state index is 0.578. The zero-order valence-electron chi connectivity index (χ0n) is 16.3. The summed E-state index contributed by atoms with van der Waals surface area (Å²) >= 11 is 0.